The third-order valence-corrected chi connectivity index (χ3v) is 8.27. The maximum Gasteiger partial charge on any atom is 0.0285 e. The quantitative estimate of drug-likeness (QED) is 0.271. The zero-order valence-electron chi connectivity index (χ0n) is 15.4. The molecule has 136 valence electrons. The third kappa shape index (κ3) is 3.70. The molecule has 0 unspecified atom stereocenters. The lowest BCUT2D eigenvalue weighted by Crippen LogP contribution is -1.93. The van der Waals surface area contributed by atoms with E-state index in [4.69, 9.17) is 0 Å². The molecule has 0 atom stereocenters. The minimum atomic E-state index is 1.01. The Morgan fingerprint density at radius 2 is 1.07 bits per heavy atom. The first-order valence-electron chi connectivity index (χ1n) is 8.97. The van der Waals surface area contributed by atoms with E-state index in [2.05, 4.69) is 106 Å². The highest BCUT2D eigenvalue weighted by atomic mass is 79.9. The minimum absolute atomic E-state index is 1.01. The minimum Gasteiger partial charge on any atom is -0.152 e. The van der Waals surface area contributed by atoms with Crippen LogP contribution in [0.25, 0.3) is 21.5 Å². The molecule has 3 heteroatoms. The summed E-state index contributed by atoms with van der Waals surface area (Å²) in [6.07, 6.45) is 0. The Labute approximate surface area is 181 Å². The number of hydrogen-bond donors (Lipinski definition) is 0. The molecule has 0 amide bonds. The molecular weight excluding hydrogens is 480 g/mol. The molecule has 4 aromatic carbocycles. The van der Waals surface area contributed by atoms with Gasteiger partial charge in [-0.05, 0) is 102 Å². The van der Waals surface area contributed by atoms with Crippen molar-refractivity contribution in [3.63, 3.8) is 0 Å². The molecule has 0 N–H and O–H groups in total. The molecule has 27 heavy (non-hydrogen) atoms. The highest BCUT2D eigenvalue weighted by Gasteiger charge is 2.10. The van der Waals surface area contributed by atoms with E-state index in [0.717, 1.165) is 11.5 Å². The summed E-state index contributed by atoms with van der Waals surface area (Å²) in [6, 6.07) is 21.8. The molecule has 0 aliphatic rings. The van der Waals surface area contributed by atoms with Crippen LogP contribution >= 0.6 is 43.6 Å². The molecule has 0 aliphatic carbocycles. The third-order valence-electron chi connectivity index (χ3n) is 5.19. The van der Waals surface area contributed by atoms with Gasteiger partial charge in [-0.2, -0.15) is 11.8 Å². The zero-order valence-corrected chi connectivity index (χ0v) is 19.3. The maximum atomic E-state index is 3.80. The molecule has 4 rings (SSSR count). The molecule has 0 saturated heterocycles. The zero-order chi connectivity index (χ0) is 19.0. The SMILES string of the molecule is Cc1c(CSCc2cc3ccccc3c(Br)c2C)cc2ccccc2c1Br. The van der Waals surface area contributed by atoms with Gasteiger partial charge in [-0.25, -0.2) is 0 Å². The molecule has 0 heterocycles. The standard InChI is InChI=1S/C24H20Br2S/c1-15-19(11-17-7-3-5-9-21(17)23(15)25)13-27-14-20-12-18-8-4-6-10-22(18)24(26)16(20)2/h3-12H,13-14H2,1-2H3. The summed E-state index contributed by atoms with van der Waals surface area (Å²) in [5, 5.41) is 5.18. The first-order valence-corrected chi connectivity index (χ1v) is 11.7. The Balaban J connectivity index is 1.59. The Morgan fingerprint density at radius 1 is 0.667 bits per heavy atom. The van der Waals surface area contributed by atoms with Gasteiger partial charge in [-0.3, -0.25) is 0 Å². The fraction of sp³-hybridized carbons (Fsp3) is 0.167. The molecule has 0 saturated carbocycles. The van der Waals surface area contributed by atoms with Gasteiger partial charge < -0.3 is 0 Å². The molecule has 0 aliphatic heterocycles. The summed E-state index contributed by atoms with van der Waals surface area (Å²) in [4.78, 5) is 0. The van der Waals surface area contributed by atoms with Crippen molar-refractivity contribution < 1.29 is 0 Å². The van der Waals surface area contributed by atoms with Crippen LogP contribution in [-0.2, 0) is 11.5 Å². The van der Waals surface area contributed by atoms with E-state index < -0.39 is 0 Å². The highest BCUT2D eigenvalue weighted by Crippen LogP contribution is 2.35. The lowest BCUT2D eigenvalue weighted by atomic mass is 10.0. The van der Waals surface area contributed by atoms with Gasteiger partial charge in [0.1, 0.15) is 0 Å². The molecule has 4 aromatic rings. The average molecular weight is 500 g/mol. The van der Waals surface area contributed by atoms with Gasteiger partial charge in [-0.15, -0.1) is 0 Å². The Bertz CT molecular complexity index is 1060. The largest absolute Gasteiger partial charge is 0.152 e. The van der Waals surface area contributed by atoms with Gasteiger partial charge in [0.25, 0.3) is 0 Å². The van der Waals surface area contributed by atoms with Crippen LogP contribution < -0.4 is 0 Å². The van der Waals surface area contributed by atoms with Crippen LogP contribution in [-0.4, -0.2) is 0 Å². The van der Waals surface area contributed by atoms with E-state index in [1.165, 1.54) is 52.7 Å². The summed E-state index contributed by atoms with van der Waals surface area (Å²) >= 11 is 9.58. The van der Waals surface area contributed by atoms with E-state index in [9.17, 15) is 0 Å². The van der Waals surface area contributed by atoms with Gasteiger partial charge in [0, 0.05) is 20.5 Å². The topological polar surface area (TPSA) is 0 Å². The van der Waals surface area contributed by atoms with E-state index in [1.54, 1.807) is 0 Å². The Morgan fingerprint density at radius 3 is 1.52 bits per heavy atom. The number of rotatable bonds is 4. The van der Waals surface area contributed by atoms with Crippen LogP contribution in [0.4, 0.5) is 0 Å². The summed E-state index contributed by atoms with van der Waals surface area (Å²) in [7, 11) is 0. The van der Waals surface area contributed by atoms with Crippen molar-refractivity contribution in [1.29, 1.82) is 0 Å². The van der Waals surface area contributed by atoms with Gasteiger partial charge in [-0.1, -0.05) is 48.5 Å². The highest BCUT2D eigenvalue weighted by molar-refractivity contribution is 9.11. The number of fused-ring (bicyclic) bond motifs is 2. The van der Waals surface area contributed by atoms with Crippen molar-refractivity contribution in [2.75, 3.05) is 0 Å². The Hall–Kier alpha value is -1.29. The van der Waals surface area contributed by atoms with Crippen LogP contribution in [0.3, 0.4) is 0 Å². The first-order chi connectivity index (χ1) is 13.1. The molecule has 0 radical (unpaired) electrons. The van der Waals surface area contributed by atoms with Gasteiger partial charge in [0.2, 0.25) is 0 Å². The molecule has 0 nitrogen and oxygen atoms in total. The van der Waals surface area contributed by atoms with Crippen LogP contribution in [0.5, 0.6) is 0 Å². The van der Waals surface area contributed by atoms with Crippen molar-refractivity contribution >= 4 is 65.2 Å². The summed E-state index contributed by atoms with van der Waals surface area (Å²) < 4.78 is 2.45. The maximum absolute atomic E-state index is 3.80. The summed E-state index contributed by atoms with van der Waals surface area (Å²) in [6.45, 7) is 4.43. The second-order valence-electron chi connectivity index (χ2n) is 6.88. The van der Waals surface area contributed by atoms with Crippen LogP contribution in [0.2, 0.25) is 0 Å². The molecule has 0 bridgehead atoms. The smallest absolute Gasteiger partial charge is 0.0285 e. The fourth-order valence-electron chi connectivity index (χ4n) is 3.49. The van der Waals surface area contributed by atoms with E-state index >= 15 is 0 Å². The first kappa shape index (κ1) is 19.0. The predicted octanol–water partition coefficient (Wildman–Crippen LogP) is 8.57. The van der Waals surface area contributed by atoms with Crippen molar-refractivity contribution in [2.45, 2.75) is 25.4 Å². The lowest BCUT2D eigenvalue weighted by Gasteiger charge is -2.13. The van der Waals surface area contributed by atoms with Crippen molar-refractivity contribution in [3.05, 3.63) is 91.9 Å². The average Bonchev–Trinajstić information content (AvgIpc) is 2.69. The van der Waals surface area contributed by atoms with Crippen molar-refractivity contribution in [3.8, 4) is 0 Å². The van der Waals surface area contributed by atoms with E-state index in [1.807, 2.05) is 11.8 Å². The Kier molecular flexibility index (Phi) is 5.63. The van der Waals surface area contributed by atoms with Crippen LogP contribution in [0.1, 0.15) is 22.3 Å². The van der Waals surface area contributed by atoms with E-state index in [0.29, 0.717) is 0 Å². The summed E-state index contributed by atoms with van der Waals surface area (Å²) in [5.41, 5.74) is 5.50. The van der Waals surface area contributed by atoms with Crippen molar-refractivity contribution in [2.24, 2.45) is 0 Å². The van der Waals surface area contributed by atoms with Gasteiger partial charge in [0.15, 0.2) is 0 Å². The molecular formula is C24H20Br2S. The second-order valence-corrected chi connectivity index (χ2v) is 9.46. The van der Waals surface area contributed by atoms with E-state index in [-0.39, 0.29) is 0 Å². The number of hydrogen-bond acceptors (Lipinski definition) is 1. The number of thioether (sulfide) groups is 1. The lowest BCUT2D eigenvalue weighted by molar-refractivity contribution is 1.28. The predicted molar refractivity (Wildman–Crippen MR) is 128 cm³/mol. The number of halogens is 2. The van der Waals surface area contributed by atoms with Crippen LogP contribution in [0.15, 0.2) is 69.6 Å². The molecule has 0 fully saturated rings. The monoisotopic (exact) mass is 498 g/mol. The summed E-state index contributed by atoms with van der Waals surface area (Å²) in [5.74, 6) is 2.03. The fourth-order valence-corrected chi connectivity index (χ4v) is 5.87. The molecule has 0 spiro atoms. The van der Waals surface area contributed by atoms with Gasteiger partial charge in [0.05, 0.1) is 0 Å². The normalized spacial score (nSPS) is 11.4. The van der Waals surface area contributed by atoms with Crippen LogP contribution in [0, 0.1) is 13.8 Å². The second kappa shape index (κ2) is 7.98. The number of benzene rings is 4. The molecule has 0 aromatic heterocycles. The van der Waals surface area contributed by atoms with Gasteiger partial charge >= 0.3 is 0 Å². The van der Waals surface area contributed by atoms with Crippen molar-refractivity contribution in [1.82, 2.24) is 0 Å².